The Morgan fingerprint density at radius 1 is 1.36 bits per heavy atom. The number of hydrogen-bond acceptors (Lipinski definition) is 3. The second-order valence-corrected chi connectivity index (χ2v) is 4.84. The fourth-order valence-electron chi connectivity index (χ4n) is 0.731. The predicted octanol–water partition coefficient (Wildman–Crippen LogP) is 1.02. The van der Waals surface area contributed by atoms with Gasteiger partial charge in [0.2, 0.25) is 0 Å². The van der Waals surface area contributed by atoms with Gasteiger partial charge in [-0.25, -0.2) is 0 Å². The number of thioether (sulfide) groups is 1. The molecule has 0 heterocycles. The Bertz CT molecular complexity index is 94.1. The van der Waals surface area contributed by atoms with Crippen molar-refractivity contribution in [3.63, 3.8) is 0 Å². The monoisotopic (exact) mass is 176 g/mol. The van der Waals surface area contributed by atoms with E-state index in [1.165, 1.54) is 0 Å². The fraction of sp³-hybridized carbons (Fsp3) is 1.00. The quantitative estimate of drug-likeness (QED) is 0.678. The average Bonchev–Trinajstić information content (AvgIpc) is 1.87. The number of hydrogen-bond donors (Lipinski definition) is 1. The standard InChI is InChI=1S/C8H20N2S/c1-7(2)11-6-8(5-9)10(3)4/h7-8H,5-6,9H2,1-4H3. The van der Waals surface area contributed by atoms with Gasteiger partial charge < -0.3 is 10.6 Å². The zero-order valence-electron chi connectivity index (χ0n) is 8.00. The minimum Gasteiger partial charge on any atom is -0.329 e. The molecule has 0 rings (SSSR count). The lowest BCUT2D eigenvalue weighted by Crippen LogP contribution is -2.37. The lowest BCUT2D eigenvalue weighted by atomic mass is 10.3. The molecule has 1 unspecified atom stereocenters. The van der Waals surface area contributed by atoms with Gasteiger partial charge in [0.05, 0.1) is 0 Å². The van der Waals surface area contributed by atoms with Crippen molar-refractivity contribution < 1.29 is 0 Å². The number of nitrogens with zero attached hydrogens (tertiary/aromatic N) is 1. The molecule has 0 aliphatic heterocycles. The largest absolute Gasteiger partial charge is 0.329 e. The first-order valence-corrected chi connectivity index (χ1v) is 5.11. The van der Waals surface area contributed by atoms with E-state index in [-0.39, 0.29) is 0 Å². The maximum Gasteiger partial charge on any atom is 0.0302 e. The van der Waals surface area contributed by atoms with Crippen molar-refractivity contribution in [2.24, 2.45) is 5.73 Å². The summed E-state index contributed by atoms with van der Waals surface area (Å²) in [7, 11) is 4.16. The van der Waals surface area contributed by atoms with Crippen molar-refractivity contribution >= 4 is 11.8 Å². The molecule has 1 atom stereocenters. The van der Waals surface area contributed by atoms with Crippen molar-refractivity contribution in [1.82, 2.24) is 4.90 Å². The molecule has 2 N–H and O–H groups in total. The van der Waals surface area contributed by atoms with Gasteiger partial charge in [-0.05, 0) is 19.3 Å². The molecule has 0 amide bonds. The van der Waals surface area contributed by atoms with E-state index in [1.807, 2.05) is 11.8 Å². The zero-order valence-corrected chi connectivity index (χ0v) is 8.82. The topological polar surface area (TPSA) is 29.3 Å². The van der Waals surface area contributed by atoms with Crippen LogP contribution < -0.4 is 5.73 Å². The molecule has 0 saturated heterocycles. The Morgan fingerprint density at radius 3 is 2.18 bits per heavy atom. The molecule has 68 valence electrons. The molecule has 0 aromatic carbocycles. The van der Waals surface area contributed by atoms with Crippen molar-refractivity contribution in [3.8, 4) is 0 Å². The Hall–Kier alpha value is 0.270. The lowest BCUT2D eigenvalue weighted by Gasteiger charge is -2.22. The summed E-state index contributed by atoms with van der Waals surface area (Å²) in [6.45, 7) is 5.19. The maximum atomic E-state index is 5.60. The predicted molar refractivity (Wildman–Crippen MR) is 54.1 cm³/mol. The fourth-order valence-corrected chi connectivity index (χ4v) is 1.77. The van der Waals surface area contributed by atoms with E-state index in [9.17, 15) is 0 Å². The Morgan fingerprint density at radius 2 is 1.91 bits per heavy atom. The van der Waals surface area contributed by atoms with Crippen molar-refractivity contribution in [1.29, 1.82) is 0 Å². The third-order valence-corrected chi connectivity index (χ3v) is 2.87. The number of nitrogens with two attached hydrogens (primary N) is 1. The number of rotatable bonds is 5. The Balaban J connectivity index is 3.52. The van der Waals surface area contributed by atoms with E-state index in [0.717, 1.165) is 12.3 Å². The molecular weight excluding hydrogens is 156 g/mol. The normalized spacial score (nSPS) is 14.5. The van der Waals surface area contributed by atoms with Gasteiger partial charge in [0.15, 0.2) is 0 Å². The van der Waals surface area contributed by atoms with Crippen LogP contribution in [0.5, 0.6) is 0 Å². The van der Waals surface area contributed by atoms with Gasteiger partial charge in [0, 0.05) is 18.3 Å². The summed E-state index contributed by atoms with van der Waals surface area (Å²) in [4.78, 5) is 2.19. The molecule has 0 bridgehead atoms. The van der Waals surface area contributed by atoms with Crippen LogP contribution in [0.4, 0.5) is 0 Å². The molecule has 11 heavy (non-hydrogen) atoms. The Labute approximate surface area is 74.5 Å². The van der Waals surface area contributed by atoms with Crippen LogP contribution in [-0.4, -0.2) is 42.6 Å². The SMILES string of the molecule is CC(C)SCC(CN)N(C)C. The van der Waals surface area contributed by atoms with E-state index < -0.39 is 0 Å². The molecule has 0 saturated carbocycles. The average molecular weight is 176 g/mol. The zero-order chi connectivity index (χ0) is 8.85. The highest BCUT2D eigenvalue weighted by atomic mass is 32.2. The van der Waals surface area contributed by atoms with Crippen LogP contribution in [0.15, 0.2) is 0 Å². The van der Waals surface area contributed by atoms with E-state index in [2.05, 4.69) is 32.8 Å². The molecule has 0 spiro atoms. The summed E-state index contributed by atoms with van der Waals surface area (Å²) < 4.78 is 0. The summed E-state index contributed by atoms with van der Waals surface area (Å²) >= 11 is 1.97. The number of likely N-dealkylation sites (N-methyl/N-ethyl adjacent to an activating group) is 1. The van der Waals surface area contributed by atoms with Crippen molar-refractivity contribution in [2.75, 3.05) is 26.4 Å². The molecule has 0 aromatic rings. The Kier molecular flexibility index (Phi) is 6.01. The smallest absolute Gasteiger partial charge is 0.0302 e. The van der Waals surface area contributed by atoms with E-state index in [0.29, 0.717) is 11.3 Å². The maximum absolute atomic E-state index is 5.60. The minimum absolute atomic E-state index is 0.530. The van der Waals surface area contributed by atoms with Crippen LogP contribution in [0.1, 0.15) is 13.8 Å². The van der Waals surface area contributed by atoms with Gasteiger partial charge >= 0.3 is 0 Å². The first kappa shape index (κ1) is 11.3. The molecule has 0 fully saturated rings. The van der Waals surface area contributed by atoms with Crippen molar-refractivity contribution in [2.45, 2.75) is 25.1 Å². The highest BCUT2D eigenvalue weighted by Crippen LogP contribution is 2.11. The van der Waals surface area contributed by atoms with Gasteiger partial charge in [-0.15, -0.1) is 0 Å². The lowest BCUT2D eigenvalue weighted by molar-refractivity contribution is 0.325. The van der Waals surface area contributed by atoms with E-state index >= 15 is 0 Å². The molecule has 0 aliphatic rings. The summed E-state index contributed by atoms with van der Waals surface area (Å²) in [5.41, 5.74) is 5.60. The van der Waals surface area contributed by atoms with Gasteiger partial charge in [-0.1, -0.05) is 13.8 Å². The van der Waals surface area contributed by atoms with E-state index in [4.69, 9.17) is 5.73 Å². The first-order chi connectivity index (χ1) is 5.07. The van der Waals surface area contributed by atoms with Crippen LogP contribution in [0.3, 0.4) is 0 Å². The molecule has 2 nitrogen and oxygen atoms in total. The molecule has 0 aliphatic carbocycles. The van der Waals surface area contributed by atoms with Gasteiger partial charge in [-0.3, -0.25) is 0 Å². The molecule has 3 heteroatoms. The third-order valence-electron chi connectivity index (χ3n) is 1.62. The van der Waals surface area contributed by atoms with Crippen molar-refractivity contribution in [3.05, 3.63) is 0 Å². The van der Waals surface area contributed by atoms with Crippen LogP contribution in [0.2, 0.25) is 0 Å². The second-order valence-electron chi connectivity index (χ2n) is 3.24. The van der Waals surface area contributed by atoms with Crippen LogP contribution >= 0.6 is 11.8 Å². The summed E-state index contributed by atoms with van der Waals surface area (Å²) in [6.07, 6.45) is 0. The summed E-state index contributed by atoms with van der Waals surface area (Å²) in [6, 6.07) is 0.530. The summed E-state index contributed by atoms with van der Waals surface area (Å²) in [5.74, 6) is 1.14. The molecule has 0 aromatic heterocycles. The van der Waals surface area contributed by atoms with Gasteiger partial charge in [0.25, 0.3) is 0 Å². The molecular formula is C8H20N2S. The summed E-state index contributed by atoms with van der Waals surface area (Å²) in [5, 5.41) is 0.712. The van der Waals surface area contributed by atoms with Gasteiger partial charge in [-0.2, -0.15) is 11.8 Å². The van der Waals surface area contributed by atoms with Crippen LogP contribution in [-0.2, 0) is 0 Å². The highest BCUT2D eigenvalue weighted by molar-refractivity contribution is 7.99. The first-order valence-electron chi connectivity index (χ1n) is 4.06. The highest BCUT2D eigenvalue weighted by Gasteiger charge is 2.09. The second kappa shape index (κ2) is 5.86. The third kappa shape index (κ3) is 5.53. The minimum atomic E-state index is 0.530. The van der Waals surface area contributed by atoms with E-state index in [1.54, 1.807) is 0 Å². The molecule has 0 radical (unpaired) electrons. The van der Waals surface area contributed by atoms with Crippen LogP contribution in [0.25, 0.3) is 0 Å². The van der Waals surface area contributed by atoms with Crippen LogP contribution in [0, 0.1) is 0 Å². The van der Waals surface area contributed by atoms with Gasteiger partial charge in [0.1, 0.15) is 0 Å².